The summed E-state index contributed by atoms with van der Waals surface area (Å²) in [6.45, 7) is 3.83. The molecule has 3 aromatic heterocycles. The number of fused-ring (bicyclic) bond motifs is 2. The summed E-state index contributed by atoms with van der Waals surface area (Å²) in [6, 6.07) is 21.5. The van der Waals surface area contributed by atoms with Crippen LogP contribution in [0.1, 0.15) is 30.3 Å². The number of ether oxygens (including phenoxy) is 1. The minimum Gasteiger partial charge on any atom is -0.463 e. The molecule has 37 heavy (non-hydrogen) atoms. The van der Waals surface area contributed by atoms with E-state index in [4.69, 9.17) is 4.74 Å². The van der Waals surface area contributed by atoms with Crippen LogP contribution in [0.15, 0.2) is 93.2 Å². The zero-order valence-corrected chi connectivity index (χ0v) is 21.9. The van der Waals surface area contributed by atoms with E-state index in [1.54, 1.807) is 18.4 Å². The van der Waals surface area contributed by atoms with Gasteiger partial charge in [-0.3, -0.25) is 9.36 Å². The number of benzene rings is 2. The molecule has 0 saturated heterocycles. The number of thiophene rings is 1. The van der Waals surface area contributed by atoms with Crippen LogP contribution in [0.3, 0.4) is 0 Å². The highest BCUT2D eigenvalue weighted by Crippen LogP contribution is 2.34. The Morgan fingerprint density at radius 3 is 2.65 bits per heavy atom. The molecule has 0 saturated carbocycles. The zero-order valence-electron chi connectivity index (χ0n) is 20.2. The molecule has 0 radical (unpaired) electrons. The Morgan fingerprint density at radius 1 is 1.11 bits per heavy atom. The smallest absolute Gasteiger partial charge is 0.338 e. The molecule has 0 amide bonds. The van der Waals surface area contributed by atoms with Crippen LogP contribution in [-0.4, -0.2) is 22.1 Å². The van der Waals surface area contributed by atoms with Crippen molar-refractivity contribution < 1.29 is 9.53 Å². The van der Waals surface area contributed by atoms with E-state index in [1.807, 2.05) is 60.0 Å². The highest BCUT2D eigenvalue weighted by Gasteiger charge is 2.34. The van der Waals surface area contributed by atoms with Gasteiger partial charge in [-0.1, -0.05) is 65.9 Å². The number of allylic oxidation sites excluding steroid dienone is 1. The lowest BCUT2D eigenvalue weighted by molar-refractivity contribution is -0.139. The fourth-order valence-electron chi connectivity index (χ4n) is 4.78. The van der Waals surface area contributed by atoms with E-state index >= 15 is 0 Å². The van der Waals surface area contributed by atoms with Gasteiger partial charge in [0.15, 0.2) is 4.80 Å². The van der Waals surface area contributed by atoms with Gasteiger partial charge >= 0.3 is 5.97 Å². The highest BCUT2D eigenvalue weighted by atomic mass is 32.1. The Hall–Kier alpha value is -4.01. The number of nitrogens with one attached hydrogen (secondary N) is 1. The lowest BCUT2D eigenvalue weighted by Crippen LogP contribution is -2.39. The first-order valence-corrected chi connectivity index (χ1v) is 13.7. The number of rotatable bonds is 5. The molecule has 6 nitrogen and oxygen atoms in total. The maximum Gasteiger partial charge on any atom is 0.338 e. The molecule has 1 aliphatic rings. The van der Waals surface area contributed by atoms with Crippen molar-refractivity contribution in [2.24, 2.45) is 4.99 Å². The number of aromatic nitrogens is 2. The van der Waals surface area contributed by atoms with Crippen molar-refractivity contribution in [3.05, 3.63) is 114 Å². The van der Waals surface area contributed by atoms with Crippen molar-refractivity contribution in [3.8, 4) is 11.3 Å². The first-order valence-electron chi connectivity index (χ1n) is 12.0. The van der Waals surface area contributed by atoms with Crippen LogP contribution in [0.5, 0.6) is 0 Å². The number of nitrogens with zero attached hydrogens (tertiary/aromatic N) is 2. The monoisotopic (exact) mass is 525 g/mol. The van der Waals surface area contributed by atoms with E-state index in [1.165, 1.54) is 22.7 Å². The number of carbonyl (C=O) groups excluding carboxylic acids is 1. The Kier molecular flexibility index (Phi) is 5.98. The van der Waals surface area contributed by atoms with Gasteiger partial charge in [0.25, 0.3) is 5.56 Å². The summed E-state index contributed by atoms with van der Waals surface area (Å²) in [6.07, 6.45) is 1.94. The summed E-state index contributed by atoms with van der Waals surface area (Å²) < 4.78 is 7.56. The van der Waals surface area contributed by atoms with Crippen molar-refractivity contribution in [2.45, 2.75) is 19.9 Å². The number of esters is 1. The van der Waals surface area contributed by atoms with Gasteiger partial charge in [-0.05, 0) is 43.0 Å². The third-order valence-corrected chi connectivity index (χ3v) is 8.32. The molecule has 1 aliphatic heterocycles. The van der Waals surface area contributed by atoms with Crippen LogP contribution < -0.4 is 14.9 Å². The Morgan fingerprint density at radius 2 is 1.89 bits per heavy atom. The number of hydrogen-bond acceptors (Lipinski definition) is 6. The van der Waals surface area contributed by atoms with Crippen molar-refractivity contribution in [2.75, 3.05) is 6.61 Å². The molecule has 6 rings (SSSR count). The highest BCUT2D eigenvalue weighted by molar-refractivity contribution is 7.10. The average Bonchev–Trinajstić information content (AvgIpc) is 3.63. The predicted molar refractivity (Wildman–Crippen MR) is 148 cm³/mol. The third-order valence-electron chi connectivity index (χ3n) is 6.41. The van der Waals surface area contributed by atoms with Crippen molar-refractivity contribution in [1.82, 2.24) is 9.55 Å². The van der Waals surface area contributed by atoms with Crippen LogP contribution in [0.25, 0.3) is 28.2 Å². The van der Waals surface area contributed by atoms with Crippen LogP contribution in [-0.2, 0) is 9.53 Å². The predicted octanol–water partition coefficient (Wildman–Crippen LogP) is 5.01. The van der Waals surface area contributed by atoms with Gasteiger partial charge in [-0.25, -0.2) is 9.79 Å². The molecular formula is C29H23N3O3S2. The van der Waals surface area contributed by atoms with E-state index in [2.05, 4.69) is 28.2 Å². The van der Waals surface area contributed by atoms with Crippen LogP contribution in [0.2, 0.25) is 0 Å². The fraction of sp³-hybridized carbons (Fsp3) is 0.138. The van der Waals surface area contributed by atoms with Crippen molar-refractivity contribution in [1.29, 1.82) is 0 Å². The maximum absolute atomic E-state index is 14.0. The number of H-pyrrole nitrogens is 1. The van der Waals surface area contributed by atoms with E-state index in [0.717, 1.165) is 32.6 Å². The second kappa shape index (κ2) is 9.46. The molecule has 0 bridgehead atoms. The van der Waals surface area contributed by atoms with E-state index in [9.17, 15) is 9.59 Å². The summed E-state index contributed by atoms with van der Waals surface area (Å²) in [5.41, 5.74) is 4.72. The van der Waals surface area contributed by atoms with E-state index < -0.39 is 12.0 Å². The normalized spacial score (nSPS) is 15.6. The Labute approximate surface area is 220 Å². The molecule has 0 fully saturated rings. The lowest BCUT2D eigenvalue weighted by Gasteiger charge is -2.23. The molecule has 0 unspecified atom stereocenters. The summed E-state index contributed by atoms with van der Waals surface area (Å²) in [7, 11) is 0. The zero-order chi connectivity index (χ0) is 25.5. The Bertz CT molecular complexity index is 1840. The van der Waals surface area contributed by atoms with Gasteiger partial charge in [-0.2, -0.15) is 0 Å². The molecule has 0 aliphatic carbocycles. The summed E-state index contributed by atoms with van der Waals surface area (Å²) >= 11 is 2.84. The average molecular weight is 526 g/mol. The molecule has 0 spiro atoms. The molecule has 2 aromatic carbocycles. The van der Waals surface area contributed by atoms with Crippen LogP contribution >= 0.6 is 22.7 Å². The minimum absolute atomic E-state index is 0.180. The molecule has 5 aromatic rings. The second-order valence-electron chi connectivity index (χ2n) is 8.64. The van der Waals surface area contributed by atoms with Gasteiger partial charge in [0, 0.05) is 21.3 Å². The molecule has 1 atom stereocenters. The van der Waals surface area contributed by atoms with Gasteiger partial charge in [-0.15, -0.1) is 11.3 Å². The summed E-state index contributed by atoms with van der Waals surface area (Å²) in [5, 5.41) is 2.98. The number of carbonyl (C=O) groups is 1. The number of thiazole rings is 1. The van der Waals surface area contributed by atoms with Gasteiger partial charge in [0.2, 0.25) is 0 Å². The summed E-state index contributed by atoms with van der Waals surface area (Å²) in [5.74, 6) is -0.445. The Balaban J connectivity index is 1.60. The minimum atomic E-state index is -0.575. The van der Waals surface area contributed by atoms with Crippen molar-refractivity contribution >= 4 is 45.6 Å². The third kappa shape index (κ3) is 3.98. The summed E-state index contributed by atoms with van der Waals surface area (Å²) in [4.78, 5) is 36.6. The fourth-order valence-corrected chi connectivity index (χ4v) is 6.64. The molecule has 8 heteroatoms. The van der Waals surface area contributed by atoms with Gasteiger partial charge in [0.05, 0.1) is 28.1 Å². The van der Waals surface area contributed by atoms with E-state index in [0.29, 0.717) is 20.6 Å². The lowest BCUT2D eigenvalue weighted by atomic mass is 10.0. The topological polar surface area (TPSA) is 76.4 Å². The van der Waals surface area contributed by atoms with Crippen LogP contribution in [0, 0.1) is 0 Å². The number of aromatic amines is 1. The largest absolute Gasteiger partial charge is 0.463 e. The quantitative estimate of drug-likeness (QED) is 0.328. The first-order chi connectivity index (χ1) is 18.1. The second-order valence-corrected chi connectivity index (χ2v) is 10.6. The molecular weight excluding hydrogens is 502 g/mol. The molecule has 184 valence electrons. The standard InChI is InChI=1S/C29H23N3O3S2/c1-3-35-28(34)24-17(2)30-29-32(26(24)22-14-9-15-36-22)27(33)23(37-29)16-20-19-12-7-8-13-21(19)31-25(20)18-10-5-4-6-11-18/h4-16,26,31H,3H2,1-2H3/b23-16-/t26-/m0/s1. The maximum atomic E-state index is 14.0. The number of para-hydroxylation sites is 1. The first kappa shape index (κ1) is 23.4. The van der Waals surface area contributed by atoms with Gasteiger partial charge < -0.3 is 9.72 Å². The van der Waals surface area contributed by atoms with Gasteiger partial charge in [0.1, 0.15) is 6.04 Å². The molecule has 4 heterocycles. The van der Waals surface area contributed by atoms with E-state index in [-0.39, 0.29) is 12.2 Å². The number of hydrogen-bond donors (Lipinski definition) is 1. The molecule has 1 N–H and O–H groups in total. The SMILES string of the molecule is CCOC(=O)C1=C(C)N=c2s/c(=C\c3c(-c4ccccc4)[nH]c4ccccc34)c(=O)n2[C@H]1c1cccs1. The van der Waals surface area contributed by atoms with Crippen molar-refractivity contribution in [3.63, 3.8) is 0 Å². The van der Waals surface area contributed by atoms with Crippen LogP contribution in [0.4, 0.5) is 0 Å².